The lowest BCUT2D eigenvalue weighted by Crippen LogP contribution is -2.52. The molecule has 22 nitrogen and oxygen atoms in total. The summed E-state index contributed by atoms with van der Waals surface area (Å²) in [7, 11) is 0. The number of nitrogens with two attached hydrogens (primary N) is 1. The Bertz CT molecular complexity index is 3150. The third-order valence-corrected chi connectivity index (χ3v) is 31.3. The van der Waals surface area contributed by atoms with Crippen molar-refractivity contribution in [1.82, 2.24) is 24.9 Å². The average Bonchev–Trinajstić information content (AvgIpc) is 1.73. The Kier molecular flexibility index (Phi) is 29.7. The SMILES string of the molecule is CC(C)(N)C1(C)CC2(CCC(O)CC2)OC1=O.CC1(C2(C)CCOC2=O)CC(CN2CCCCC2)C(=O)O1.CCC1(CN2CCCC2)CC2(CCOCC2)OC1=O.CCC1CC(C)(C(C)NC2CCCCC2)C(=O)O1.CCN(CC)CC1(C)CC2CCCCC2OC1=O.O=C1OC2(CC3CCC2C3)CC1CN1CCCCC1. The largest absolute Gasteiger partial charge is 0.465 e. The summed E-state index contributed by atoms with van der Waals surface area (Å²) in [5.41, 5.74) is 2.02. The van der Waals surface area contributed by atoms with Crippen LogP contribution >= 0.6 is 0 Å². The molecule has 3 spiro atoms. The van der Waals surface area contributed by atoms with Crippen LogP contribution in [0.2, 0.25) is 0 Å². The van der Waals surface area contributed by atoms with Gasteiger partial charge in [-0.1, -0.05) is 66.2 Å². The first-order valence-corrected chi connectivity index (χ1v) is 45.4. The third kappa shape index (κ3) is 20.3. The molecule has 0 amide bonds. The smallest absolute Gasteiger partial charge is 0.315 e. The number of hydrogen-bond donors (Lipinski definition) is 3. The van der Waals surface area contributed by atoms with Gasteiger partial charge in [0, 0.05) is 95.2 Å². The number of aliphatic hydroxyl groups is 1. The van der Waals surface area contributed by atoms with Gasteiger partial charge in [-0.3, -0.25) is 33.6 Å². The number of rotatable bonds is 17. The molecule has 0 aromatic rings. The van der Waals surface area contributed by atoms with Crippen LogP contribution in [0, 0.1) is 56.7 Å². The molecule has 11 heterocycles. The highest BCUT2D eigenvalue weighted by Gasteiger charge is 2.64. The van der Waals surface area contributed by atoms with Gasteiger partial charge in [-0.15, -0.1) is 0 Å². The van der Waals surface area contributed by atoms with Gasteiger partial charge in [-0.25, -0.2) is 0 Å². The molecule has 11 saturated heterocycles. The van der Waals surface area contributed by atoms with Crippen LogP contribution < -0.4 is 11.1 Å². The lowest BCUT2D eigenvalue weighted by molar-refractivity contribution is -0.180. The normalized spacial score (nSPS) is 39.5. The second-order valence-corrected chi connectivity index (χ2v) is 40.0. The van der Waals surface area contributed by atoms with E-state index >= 15 is 0 Å². The van der Waals surface area contributed by atoms with Crippen LogP contribution in [0.25, 0.3) is 0 Å². The van der Waals surface area contributed by atoms with Crippen molar-refractivity contribution in [3.8, 4) is 0 Å². The maximum Gasteiger partial charge on any atom is 0.315 e. The Morgan fingerprint density at radius 2 is 1.13 bits per heavy atom. The zero-order valence-electron chi connectivity index (χ0n) is 71.8. The van der Waals surface area contributed by atoms with Crippen LogP contribution in [0.4, 0.5) is 0 Å². The number of carbonyl (C=O) groups excluding carboxylic acids is 7. The molecule has 0 aromatic carbocycles. The number of carbonyl (C=O) groups is 7. The van der Waals surface area contributed by atoms with Gasteiger partial charge in [0.25, 0.3) is 0 Å². The van der Waals surface area contributed by atoms with Crippen LogP contribution in [0.1, 0.15) is 314 Å². The monoisotopic (exact) mass is 1570 g/mol. The van der Waals surface area contributed by atoms with E-state index in [0.717, 1.165) is 155 Å². The van der Waals surface area contributed by atoms with Crippen molar-refractivity contribution in [2.24, 2.45) is 62.4 Å². The Balaban J connectivity index is 0.000000133. The van der Waals surface area contributed by atoms with Crippen molar-refractivity contribution >= 4 is 41.8 Å². The molecule has 16 rings (SSSR count). The molecule has 11 aliphatic heterocycles. The quantitative estimate of drug-likeness (QED) is 0.0902. The second kappa shape index (κ2) is 37.5. The number of hydrogen-bond acceptors (Lipinski definition) is 22. The molecule has 15 atom stereocenters. The van der Waals surface area contributed by atoms with E-state index < -0.39 is 22.0 Å². The van der Waals surface area contributed by atoms with Crippen LogP contribution in [0.15, 0.2) is 0 Å². The summed E-state index contributed by atoms with van der Waals surface area (Å²) in [5.74, 6) is 1.83. The predicted molar refractivity (Wildman–Crippen MR) is 430 cm³/mol. The molecule has 638 valence electrons. The van der Waals surface area contributed by atoms with Crippen molar-refractivity contribution in [3.63, 3.8) is 0 Å². The average molecular weight is 1570 g/mol. The van der Waals surface area contributed by atoms with Crippen molar-refractivity contribution in [2.45, 2.75) is 373 Å². The molecule has 16 aliphatic rings. The number of cyclic esters (lactones) is 3. The second-order valence-electron chi connectivity index (χ2n) is 40.0. The number of likely N-dealkylation sites (tertiary alicyclic amines) is 3. The van der Waals surface area contributed by atoms with E-state index in [9.17, 15) is 38.7 Å². The van der Waals surface area contributed by atoms with E-state index in [2.05, 4.69) is 73.4 Å². The van der Waals surface area contributed by atoms with Gasteiger partial charge in [-0.2, -0.15) is 0 Å². The van der Waals surface area contributed by atoms with Gasteiger partial charge in [-0.05, 0) is 267 Å². The Labute approximate surface area is 673 Å². The topological polar surface area (TPSA) is 265 Å². The van der Waals surface area contributed by atoms with E-state index in [1.54, 1.807) is 0 Å². The highest BCUT2D eigenvalue weighted by molar-refractivity contribution is 5.84. The van der Waals surface area contributed by atoms with Crippen LogP contribution in [-0.2, 0) is 71.5 Å². The fourth-order valence-electron chi connectivity index (χ4n) is 22.8. The molecule has 5 aliphatic carbocycles. The van der Waals surface area contributed by atoms with Crippen LogP contribution in [-0.4, -0.2) is 223 Å². The first kappa shape index (κ1) is 88.8. The molecule has 15 unspecified atom stereocenters. The van der Waals surface area contributed by atoms with Crippen LogP contribution in [0.3, 0.4) is 0 Å². The number of aliphatic hydroxyl groups excluding tert-OH is 1. The molecule has 4 N–H and O–H groups in total. The minimum Gasteiger partial charge on any atom is -0.465 e. The summed E-state index contributed by atoms with van der Waals surface area (Å²) in [6, 6.07) is 0.809. The Hall–Kier alpha value is -4.03. The number of nitrogens with one attached hydrogen (secondary N) is 1. The number of esters is 7. The fraction of sp³-hybridized carbons (Fsp3) is 0.922. The minimum atomic E-state index is -0.724. The first-order valence-electron chi connectivity index (χ1n) is 45.4. The zero-order chi connectivity index (χ0) is 80.6. The standard InChI is InChI=1S/C16H25NO4.C16H25NO2.C15H25NO3.2C15H27NO2.C13H23NO3/c1-15(6-9-20-14(15)19)16(2)10-12(13(18)21-16)11-17-7-4-3-5-8-17;18-15-13(11-17-6-2-1-3-7-17)10-16(19-15)9-12-4-5-14(16)8-12;1-2-14(12-16-7-3-4-8-16)11-15(19-13(14)17)5-9-18-10-6-15;1-4-13-10-15(3,14(17)18-13)11(2)16-12-8-6-5-7-9-12;1-4-16(5-2)11-15(3)10-12-8-6-7-9-13(12)18-14(15)17;1-11(2,14)12(3)8-13(17-10(12)16)6-4-9(15)5-7-13/h12H,3-11H2,1-2H3;12-14H,1-11H2;2-12H2,1H3;11-13,16H,4-10H2,1-3H3;12-13H,4-11H2,1-3H3;9,15H,4-8,14H2,1-3H3. The summed E-state index contributed by atoms with van der Waals surface area (Å²) in [5, 5.41) is 13.2. The first-order chi connectivity index (χ1) is 53.2. The molecular formula is C90H152N6O16. The van der Waals surface area contributed by atoms with Gasteiger partial charge in [0.2, 0.25) is 0 Å². The number of nitrogens with zero attached hydrogens (tertiary/aromatic N) is 4. The Morgan fingerprint density at radius 3 is 1.69 bits per heavy atom. The zero-order valence-corrected chi connectivity index (χ0v) is 71.8. The molecule has 0 aromatic heterocycles. The number of ether oxygens (including phenoxy) is 8. The summed E-state index contributed by atoms with van der Waals surface area (Å²) in [6.45, 7) is 38.4. The molecule has 112 heavy (non-hydrogen) atoms. The molecule has 22 heteroatoms. The minimum absolute atomic E-state index is 0.00911. The molecule has 5 saturated carbocycles. The number of fused-ring (bicyclic) bond motifs is 4. The fourth-order valence-corrected chi connectivity index (χ4v) is 22.8. The van der Waals surface area contributed by atoms with E-state index in [0.29, 0.717) is 56.6 Å². The Morgan fingerprint density at radius 1 is 0.562 bits per heavy atom. The number of piperidine rings is 2. The van der Waals surface area contributed by atoms with Gasteiger partial charge in [0.15, 0.2) is 0 Å². The van der Waals surface area contributed by atoms with Gasteiger partial charge in [0.1, 0.15) is 40.0 Å². The molecular weight excluding hydrogens is 1420 g/mol. The highest BCUT2D eigenvalue weighted by atomic mass is 16.6. The molecule has 16 fully saturated rings. The summed E-state index contributed by atoms with van der Waals surface area (Å²) in [6.07, 6.45) is 39.1. The van der Waals surface area contributed by atoms with E-state index in [1.165, 1.54) is 142 Å². The third-order valence-electron chi connectivity index (χ3n) is 31.3. The lowest BCUT2D eigenvalue weighted by atomic mass is 9.67. The van der Waals surface area contributed by atoms with Crippen molar-refractivity contribution in [1.29, 1.82) is 0 Å². The van der Waals surface area contributed by atoms with E-state index in [1.807, 2.05) is 34.6 Å². The van der Waals surface area contributed by atoms with E-state index in [-0.39, 0.29) is 111 Å². The van der Waals surface area contributed by atoms with Crippen LogP contribution in [0.5, 0.6) is 0 Å². The predicted octanol–water partition coefficient (Wildman–Crippen LogP) is 13.5. The van der Waals surface area contributed by atoms with E-state index in [4.69, 9.17) is 43.6 Å². The summed E-state index contributed by atoms with van der Waals surface area (Å²) >= 11 is 0. The summed E-state index contributed by atoms with van der Waals surface area (Å²) < 4.78 is 44.9. The van der Waals surface area contributed by atoms with Crippen molar-refractivity contribution in [3.05, 3.63) is 0 Å². The van der Waals surface area contributed by atoms with Crippen molar-refractivity contribution in [2.75, 3.05) is 98.4 Å². The van der Waals surface area contributed by atoms with Gasteiger partial charge >= 0.3 is 41.8 Å². The maximum absolute atomic E-state index is 12.5. The van der Waals surface area contributed by atoms with Crippen molar-refractivity contribution < 1.29 is 76.6 Å². The maximum atomic E-state index is 12.5. The molecule has 0 radical (unpaired) electrons. The van der Waals surface area contributed by atoms with Gasteiger partial charge < -0.3 is 73.7 Å². The van der Waals surface area contributed by atoms with Gasteiger partial charge in [0.05, 0.1) is 59.4 Å². The summed E-state index contributed by atoms with van der Waals surface area (Å²) in [4.78, 5) is 95.2. The lowest BCUT2D eigenvalue weighted by Gasteiger charge is -2.44. The molecule has 2 bridgehead atoms. The highest BCUT2D eigenvalue weighted by Crippen LogP contribution is 2.58.